The molecule has 4 aromatic heterocycles. The molecule has 10 nitrogen and oxygen atoms in total. The molecule has 0 N–H and O–H groups in total. The molecule has 42 heavy (non-hydrogen) atoms. The zero-order chi connectivity index (χ0) is 29.6. The van der Waals surface area contributed by atoms with Crippen LogP contribution in [0.2, 0.25) is 0 Å². The summed E-state index contributed by atoms with van der Waals surface area (Å²) in [6.45, 7) is 0.852. The average Bonchev–Trinajstić information content (AvgIpc) is 3.65. The fourth-order valence-corrected chi connectivity index (χ4v) is 4.95. The predicted octanol–water partition coefficient (Wildman–Crippen LogP) is 5.64. The van der Waals surface area contributed by atoms with Crippen LogP contribution in [-0.4, -0.2) is 60.2 Å². The summed E-state index contributed by atoms with van der Waals surface area (Å²) in [7, 11) is 3.04. The van der Waals surface area contributed by atoms with E-state index < -0.39 is 18.5 Å². The molecule has 1 aromatic carbocycles. The summed E-state index contributed by atoms with van der Waals surface area (Å²) >= 11 is 0. The SMILES string of the molecule is COc1ncnc(C2CC2)c1-c1ncc2c(OC)nn([C@H](C)c3ccc(-c4nc(C(F)(F)F)cn4CCF)cc3)c2n1. The molecule has 6 rings (SSSR count). The first kappa shape index (κ1) is 27.5. The van der Waals surface area contributed by atoms with Gasteiger partial charge in [0, 0.05) is 23.9 Å². The molecule has 0 aliphatic heterocycles. The van der Waals surface area contributed by atoms with Crippen molar-refractivity contribution in [2.75, 3.05) is 20.9 Å². The zero-order valence-electron chi connectivity index (χ0n) is 22.9. The van der Waals surface area contributed by atoms with Gasteiger partial charge in [0.15, 0.2) is 17.2 Å². The van der Waals surface area contributed by atoms with Crippen molar-refractivity contribution in [1.29, 1.82) is 0 Å². The Morgan fingerprint density at radius 3 is 2.38 bits per heavy atom. The van der Waals surface area contributed by atoms with Crippen LogP contribution >= 0.6 is 0 Å². The summed E-state index contributed by atoms with van der Waals surface area (Å²) in [5.74, 6) is 1.45. The smallest absolute Gasteiger partial charge is 0.434 e. The number of benzene rings is 1. The van der Waals surface area contributed by atoms with Gasteiger partial charge in [0.2, 0.25) is 11.8 Å². The van der Waals surface area contributed by atoms with Gasteiger partial charge < -0.3 is 14.0 Å². The van der Waals surface area contributed by atoms with Gasteiger partial charge in [0.1, 0.15) is 29.8 Å². The first-order valence-electron chi connectivity index (χ1n) is 13.2. The summed E-state index contributed by atoms with van der Waals surface area (Å²) in [6, 6.07) is 6.48. The maximum Gasteiger partial charge on any atom is 0.434 e. The molecule has 14 heteroatoms. The zero-order valence-corrected chi connectivity index (χ0v) is 22.9. The predicted molar refractivity (Wildman–Crippen MR) is 144 cm³/mol. The van der Waals surface area contributed by atoms with E-state index in [0.29, 0.717) is 45.7 Å². The number of methoxy groups -OCH3 is 2. The van der Waals surface area contributed by atoms with E-state index in [4.69, 9.17) is 14.5 Å². The van der Waals surface area contributed by atoms with E-state index in [0.717, 1.165) is 30.3 Å². The van der Waals surface area contributed by atoms with Gasteiger partial charge in [-0.1, -0.05) is 24.3 Å². The molecule has 1 aliphatic rings. The van der Waals surface area contributed by atoms with Gasteiger partial charge in [-0.25, -0.2) is 34.0 Å². The summed E-state index contributed by atoms with van der Waals surface area (Å²) < 4.78 is 66.8. The lowest BCUT2D eigenvalue weighted by molar-refractivity contribution is -0.140. The van der Waals surface area contributed by atoms with E-state index in [-0.39, 0.29) is 18.4 Å². The Balaban J connectivity index is 1.39. The summed E-state index contributed by atoms with van der Waals surface area (Å²) in [4.78, 5) is 21.9. The highest BCUT2D eigenvalue weighted by molar-refractivity contribution is 5.83. The third-order valence-electron chi connectivity index (χ3n) is 7.24. The Bertz CT molecular complexity index is 1750. The van der Waals surface area contributed by atoms with Crippen molar-refractivity contribution in [3.63, 3.8) is 0 Å². The van der Waals surface area contributed by atoms with Crippen LogP contribution in [0.5, 0.6) is 11.8 Å². The Kier molecular flexibility index (Phi) is 6.99. The quantitative estimate of drug-likeness (QED) is 0.206. The number of alkyl halides is 4. The van der Waals surface area contributed by atoms with Gasteiger partial charge in [0.25, 0.3) is 0 Å². The highest BCUT2D eigenvalue weighted by Crippen LogP contribution is 2.45. The number of aromatic nitrogens is 8. The molecule has 1 aliphatic carbocycles. The number of ether oxygens (including phenoxy) is 2. The third kappa shape index (κ3) is 4.90. The van der Waals surface area contributed by atoms with E-state index in [1.165, 1.54) is 25.1 Å². The largest absolute Gasteiger partial charge is 0.480 e. The van der Waals surface area contributed by atoms with Crippen molar-refractivity contribution < 1.29 is 27.0 Å². The van der Waals surface area contributed by atoms with E-state index in [9.17, 15) is 17.6 Å². The first-order chi connectivity index (χ1) is 20.2. The normalized spacial score (nSPS) is 14.4. The Morgan fingerprint density at radius 2 is 1.74 bits per heavy atom. The van der Waals surface area contributed by atoms with Crippen LogP contribution in [0.3, 0.4) is 0 Å². The fourth-order valence-electron chi connectivity index (χ4n) is 4.95. The number of nitrogens with zero attached hydrogens (tertiary/aromatic N) is 8. The van der Waals surface area contributed by atoms with Crippen LogP contribution < -0.4 is 9.47 Å². The minimum atomic E-state index is -4.64. The lowest BCUT2D eigenvalue weighted by Gasteiger charge is -2.15. The van der Waals surface area contributed by atoms with Crippen LogP contribution in [0.4, 0.5) is 17.6 Å². The number of hydrogen-bond donors (Lipinski definition) is 0. The van der Waals surface area contributed by atoms with Gasteiger partial charge in [-0.3, -0.25) is 0 Å². The fraction of sp³-hybridized carbons (Fsp3) is 0.357. The van der Waals surface area contributed by atoms with E-state index in [1.54, 1.807) is 35.1 Å². The molecular weight excluding hydrogens is 556 g/mol. The lowest BCUT2D eigenvalue weighted by atomic mass is 10.1. The summed E-state index contributed by atoms with van der Waals surface area (Å²) in [5.41, 5.74) is 2.13. The number of imidazole rings is 1. The van der Waals surface area contributed by atoms with Crippen molar-refractivity contribution in [2.24, 2.45) is 0 Å². The van der Waals surface area contributed by atoms with Gasteiger partial charge >= 0.3 is 6.18 Å². The van der Waals surface area contributed by atoms with E-state index >= 15 is 0 Å². The number of aryl methyl sites for hydroxylation is 1. The minimum absolute atomic E-state index is 0.0354. The molecule has 218 valence electrons. The van der Waals surface area contributed by atoms with Crippen LogP contribution in [0.25, 0.3) is 33.8 Å². The number of hydrogen-bond acceptors (Lipinski definition) is 8. The highest BCUT2D eigenvalue weighted by atomic mass is 19.4. The van der Waals surface area contributed by atoms with E-state index in [2.05, 4.69) is 25.0 Å². The van der Waals surface area contributed by atoms with Crippen LogP contribution in [0.1, 0.15) is 48.7 Å². The Morgan fingerprint density at radius 1 is 1.00 bits per heavy atom. The second kappa shape index (κ2) is 10.7. The van der Waals surface area contributed by atoms with Crippen molar-refractivity contribution in [3.8, 4) is 34.5 Å². The molecular formula is C28H26F4N8O2. The van der Waals surface area contributed by atoms with Crippen molar-refractivity contribution in [3.05, 3.63) is 59.9 Å². The monoisotopic (exact) mass is 582 g/mol. The van der Waals surface area contributed by atoms with Gasteiger partial charge in [-0.2, -0.15) is 13.2 Å². The van der Waals surface area contributed by atoms with Crippen molar-refractivity contribution in [1.82, 2.24) is 39.3 Å². The average molecular weight is 583 g/mol. The van der Waals surface area contributed by atoms with Gasteiger partial charge in [-0.15, -0.1) is 5.10 Å². The molecule has 1 saturated carbocycles. The minimum Gasteiger partial charge on any atom is -0.480 e. The summed E-state index contributed by atoms with van der Waals surface area (Å²) in [6.07, 6.45) is 1.33. The molecule has 1 atom stereocenters. The number of rotatable bonds is 9. The summed E-state index contributed by atoms with van der Waals surface area (Å²) in [5, 5.41) is 5.23. The van der Waals surface area contributed by atoms with Crippen molar-refractivity contribution in [2.45, 2.75) is 44.4 Å². The topological polar surface area (TPSA) is 106 Å². The first-order valence-corrected chi connectivity index (χ1v) is 13.2. The molecule has 5 aromatic rings. The molecule has 4 heterocycles. The Hall–Kier alpha value is -4.62. The second-order valence-electron chi connectivity index (χ2n) is 9.93. The number of fused-ring (bicyclic) bond motifs is 1. The van der Waals surface area contributed by atoms with E-state index in [1.807, 2.05) is 6.92 Å². The number of halogens is 4. The maximum atomic E-state index is 13.3. The molecule has 0 spiro atoms. The lowest BCUT2D eigenvalue weighted by Crippen LogP contribution is -2.10. The molecule has 0 amide bonds. The molecule has 0 saturated heterocycles. The Labute approximate surface area is 237 Å². The maximum absolute atomic E-state index is 13.3. The van der Waals surface area contributed by atoms with Gasteiger partial charge in [-0.05, 0) is 25.3 Å². The molecule has 0 unspecified atom stereocenters. The molecule has 0 radical (unpaired) electrons. The van der Waals surface area contributed by atoms with Crippen LogP contribution in [-0.2, 0) is 12.7 Å². The second-order valence-corrected chi connectivity index (χ2v) is 9.93. The van der Waals surface area contributed by atoms with Crippen molar-refractivity contribution >= 4 is 11.0 Å². The highest BCUT2D eigenvalue weighted by Gasteiger charge is 2.35. The van der Waals surface area contributed by atoms with Gasteiger partial charge in [0.05, 0.1) is 32.5 Å². The van der Waals surface area contributed by atoms with Crippen LogP contribution in [0, 0.1) is 0 Å². The standard InChI is InChI=1S/C28H26F4N8O2/c1-15(16-4-8-18(9-5-16)24-36-20(28(30,31)32)13-39(24)11-10-29)40-25-19(26(38-40)41-2)12-33-23(37-25)21-22(17-6-7-17)34-14-35-27(21)42-3/h4-5,8-9,12-15,17H,6-7,10-11H2,1-3H3/t15-/m1/s1. The third-order valence-corrected chi connectivity index (χ3v) is 7.24. The molecule has 1 fully saturated rings. The van der Waals surface area contributed by atoms with Crippen LogP contribution in [0.15, 0.2) is 43.0 Å². The molecule has 0 bridgehead atoms.